The first-order valence-corrected chi connectivity index (χ1v) is 9.00. The molecular formula is C11H22O3Si. The highest BCUT2D eigenvalue weighted by atomic mass is 28.3. The highest BCUT2D eigenvalue weighted by Crippen LogP contribution is 2.18. The van der Waals surface area contributed by atoms with Gasteiger partial charge in [-0.15, -0.1) is 0 Å². The molecular weight excluding hydrogens is 208 g/mol. The standard InChI is InChI=1S/C11H22O3Si/c1-11(2,14-9-12)8-10(13)6-7-15(3,4)5/h9H,6-8H2,1-5H3. The van der Waals surface area contributed by atoms with Crippen molar-refractivity contribution >= 4 is 20.3 Å². The van der Waals surface area contributed by atoms with Crippen LogP contribution in [0.4, 0.5) is 0 Å². The number of hydrogen-bond acceptors (Lipinski definition) is 3. The van der Waals surface area contributed by atoms with Crippen LogP contribution in [0.3, 0.4) is 0 Å². The minimum absolute atomic E-state index is 0.185. The molecule has 88 valence electrons. The first-order valence-electron chi connectivity index (χ1n) is 5.29. The van der Waals surface area contributed by atoms with Gasteiger partial charge in [-0.1, -0.05) is 25.7 Å². The summed E-state index contributed by atoms with van der Waals surface area (Å²) in [5, 5.41) is 0. The second-order valence-electron chi connectivity index (χ2n) is 5.75. The van der Waals surface area contributed by atoms with Crippen molar-refractivity contribution in [3.8, 4) is 0 Å². The van der Waals surface area contributed by atoms with Crippen molar-refractivity contribution in [3.05, 3.63) is 0 Å². The molecule has 0 spiro atoms. The van der Waals surface area contributed by atoms with Gasteiger partial charge in [-0.25, -0.2) is 0 Å². The summed E-state index contributed by atoms with van der Waals surface area (Å²) >= 11 is 0. The number of ether oxygens (including phenoxy) is 1. The molecule has 0 fully saturated rings. The smallest absolute Gasteiger partial charge is 0.293 e. The Balaban J connectivity index is 3.98. The van der Waals surface area contributed by atoms with E-state index >= 15 is 0 Å². The van der Waals surface area contributed by atoms with Crippen molar-refractivity contribution in [1.29, 1.82) is 0 Å². The number of carbonyl (C=O) groups is 2. The van der Waals surface area contributed by atoms with E-state index in [0.29, 0.717) is 19.3 Å². The molecule has 0 rings (SSSR count). The fraction of sp³-hybridized carbons (Fsp3) is 0.818. The summed E-state index contributed by atoms with van der Waals surface area (Å²) in [6.45, 7) is 10.7. The van der Waals surface area contributed by atoms with Gasteiger partial charge in [-0.2, -0.15) is 0 Å². The fourth-order valence-corrected chi connectivity index (χ4v) is 2.28. The molecule has 0 aromatic heterocycles. The molecule has 0 unspecified atom stereocenters. The third-order valence-corrected chi connectivity index (χ3v) is 3.89. The van der Waals surface area contributed by atoms with E-state index in [1.165, 1.54) is 0 Å². The van der Waals surface area contributed by atoms with Gasteiger partial charge in [0.05, 0.1) is 0 Å². The summed E-state index contributed by atoms with van der Waals surface area (Å²) < 4.78 is 4.84. The normalized spacial score (nSPS) is 12.3. The summed E-state index contributed by atoms with van der Waals surface area (Å²) in [5.74, 6) is 0.185. The summed E-state index contributed by atoms with van der Waals surface area (Å²) in [5.41, 5.74) is -0.654. The number of carbonyl (C=O) groups excluding carboxylic acids is 2. The van der Waals surface area contributed by atoms with E-state index in [4.69, 9.17) is 4.74 Å². The molecule has 0 heterocycles. The van der Waals surface area contributed by atoms with Gasteiger partial charge >= 0.3 is 0 Å². The van der Waals surface area contributed by atoms with Crippen molar-refractivity contribution in [3.63, 3.8) is 0 Å². The van der Waals surface area contributed by atoms with Crippen LogP contribution in [0.2, 0.25) is 25.7 Å². The SMILES string of the molecule is CC(C)(CC(=O)CC[Si](C)(C)C)OC=O. The van der Waals surface area contributed by atoms with Crippen LogP contribution in [0.25, 0.3) is 0 Å². The van der Waals surface area contributed by atoms with Gasteiger partial charge in [0.2, 0.25) is 0 Å². The lowest BCUT2D eigenvalue weighted by molar-refractivity contribution is -0.143. The quantitative estimate of drug-likeness (QED) is 0.499. The number of hydrogen-bond donors (Lipinski definition) is 0. The summed E-state index contributed by atoms with van der Waals surface area (Å²) in [4.78, 5) is 21.8. The average Bonchev–Trinajstić information content (AvgIpc) is 1.98. The lowest BCUT2D eigenvalue weighted by Crippen LogP contribution is -2.28. The van der Waals surface area contributed by atoms with Crippen LogP contribution < -0.4 is 0 Å². The van der Waals surface area contributed by atoms with Gasteiger partial charge in [-0.05, 0) is 13.8 Å². The third kappa shape index (κ3) is 8.36. The van der Waals surface area contributed by atoms with E-state index in [0.717, 1.165) is 6.04 Å². The van der Waals surface area contributed by atoms with Crippen LogP contribution in [0.1, 0.15) is 26.7 Å². The highest BCUT2D eigenvalue weighted by Gasteiger charge is 2.24. The molecule has 0 saturated heterocycles. The van der Waals surface area contributed by atoms with E-state index in [-0.39, 0.29) is 5.78 Å². The molecule has 0 aromatic rings. The molecule has 0 bridgehead atoms. The summed E-state index contributed by atoms with van der Waals surface area (Å²) in [6, 6.07) is 1.00. The molecule has 0 aromatic carbocycles. The molecule has 0 radical (unpaired) electrons. The van der Waals surface area contributed by atoms with Gasteiger partial charge in [-0.3, -0.25) is 9.59 Å². The topological polar surface area (TPSA) is 43.4 Å². The third-order valence-electron chi connectivity index (χ3n) is 2.14. The molecule has 0 aliphatic carbocycles. The first-order chi connectivity index (χ1) is 6.66. The van der Waals surface area contributed by atoms with Crippen molar-refractivity contribution in [1.82, 2.24) is 0 Å². The van der Waals surface area contributed by atoms with Gasteiger partial charge < -0.3 is 4.74 Å². The number of rotatable bonds is 7. The fourth-order valence-electron chi connectivity index (χ4n) is 1.25. The van der Waals surface area contributed by atoms with Crippen molar-refractivity contribution in [2.75, 3.05) is 0 Å². The number of Topliss-reactive ketones (excluding diaryl/α,β-unsaturated/α-hetero) is 1. The zero-order valence-corrected chi connectivity index (χ0v) is 11.4. The van der Waals surface area contributed by atoms with Crippen LogP contribution in [-0.2, 0) is 14.3 Å². The average molecular weight is 230 g/mol. The maximum Gasteiger partial charge on any atom is 0.293 e. The van der Waals surface area contributed by atoms with E-state index in [1.807, 2.05) is 0 Å². The van der Waals surface area contributed by atoms with Gasteiger partial charge in [0.25, 0.3) is 6.47 Å². The van der Waals surface area contributed by atoms with Gasteiger partial charge in [0.15, 0.2) is 0 Å². The van der Waals surface area contributed by atoms with Crippen LogP contribution >= 0.6 is 0 Å². The maximum absolute atomic E-state index is 11.6. The minimum atomic E-state index is -1.15. The predicted molar refractivity (Wildman–Crippen MR) is 63.6 cm³/mol. The van der Waals surface area contributed by atoms with Gasteiger partial charge in [0.1, 0.15) is 11.4 Å². The van der Waals surface area contributed by atoms with Crippen LogP contribution in [0.5, 0.6) is 0 Å². The molecule has 0 amide bonds. The van der Waals surface area contributed by atoms with Crippen LogP contribution in [0.15, 0.2) is 0 Å². The van der Waals surface area contributed by atoms with Crippen LogP contribution in [-0.4, -0.2) is 25.9 Å². The zero-order valence-electron chi connectivity index (χ0n) is 10.4. The monoisotopic (exact) mass is 230 g/mol. The Bertz CT molecular complexity index is 228. The molecule has 3 nitrogen and oxygen atoms in total. The largest absolute Gasteiger partial charge is 0.461 e. The lowest BCUT2D eigenvalue weighted by atomic mass is 10.0. The maximum atomic E-state index is 11.6. The molecule has 0 atom stereocenters. The summed E-state index contributed by atoms with van der Waals surface area (Å²) in [6.07, 6.45) is 0.928. The minimum Gasteiger partial charge on any atom is -0.461 e. The molecule has 0 aliphatic heterocycles. The second-order valence-corrected chi connectivity index (χ2v) is 11.4. The first kappa shape index (κ1) is 14.4. The Morgan fingerprint density at radius 1 is 1.33 bits per heavy atom. The second kappa shape index (κ2) is 5.44. The Morgan fingerprint density at radius 2 is 1.87 bits per heavy atom. The van der Waals surface area contributed by atoms with Crippen molar-refractivity contribution in [2.45, 2.75) is 58.0 Å². The highest BCUT2D eigenvalue weighted by molar-refractivity contribution is 6.76. The Labute approximate surface area is 93.2 Å². The molecule has 0 aliphatic rings. The molecule has 4 heteroatoms. The van der Waals surface area contributed by atoms with Gasteiger partial charge in [0, 0.05) is 20.9 Å². The zero-order chi connectivity index (χ0) is 12.1. The Morgan fingerprint density at radius 3 is 2.27 bits per heavy atom. The Kier molecular flexibility index (Phi) is 5.21. The molecule has 0 N–H and O–H groups in total. The van der Waals surface area contributed by atoms with E-state index in [2.05, 4.69) is 19.6 Å². The van der Waals surface area contributed by atoms with Crippen molar-refractivity contribution < 1.29 is 14.3 Å². The van der Waals surface area contributed by atoms with E-state index < -0.39 is 13.7 Å². The van der Waals surface area contributed by atoms with Crippen molar-refractivity contribution in [2.24, 2.45) is 0 Å². The van der Waals surface area contributed by atoms with E-state index in [9.17, 15) is 9.59 Å². The summed E-state index contributed by atoms with van der Waals surface area (Å²) in [7, 11) is -1.15. The lowest BCUT2D eigenvalue weighted by Gasteiger charge is -2.22. The van der Waals surface area contributed by atoms with Crippen LogP contribution in [0, 0.1) is 0 Å². The Hall–Kier alpha value is -0.643. The predicted octanol–water partition coefficient (Wildman–Crippen LogP) is 2.63. The molecule has 0 saturated carbocycles. The van der Waals surface area contributed by atoms with E-state index in [1.54, 1.807) is 13.8 Å². The molecule has 15 heavy (non-hydrogen) atoms. The number of ketones is 1.